The molecule has 0 radical (unpaired) electrons. The summed E-state index contributed by atoms with van der Waals surface area (Å²) in [6.45, 7) is 7.90. The van der Waals surface area contributed by atoms with Crippen molar-refractivity contribution in [3.8, 4) is 0 Å². The summed E-state index contributed by atoms with van der Waals surface area (Å²) in [7, 11) is 0. The van der Waals surface area contributed by atoms with Gasteiger partial charge in [-0.2, -0.15) is 0 Å². The van der Waals surface area contributed by atoms with E-state index in [1.165, 1.54) is 0 Å². The third kappa shape index (κ3) is 9.89. The molecule has 7 heteroatoms. The first kappa shape index (κ1) is 20.0. The van der Waals surface area contributed by atoms with Gasteiger partial charge >= 0.3 is 0 Å². The summed E-state index contributed by atoms with van der Waals surface area (Å²) in [4.78, 5) is 16.0. The second-order valence-electron chi connectivity index (χ2n) is 5.27. The molecule has 1 amide bonds. The van der Waals surface area contributed by atoms with Crippen molar-refractivity contribution in [2.75, 3.05) is 32.8 Å². The van der Waals surface area contributed by atoms with Gasteiger partial charge in [-0.3, -0.25) is 9.79 Å². The lowest BCUT2D eigenvalue weighted by Gasteiger charge is -2.11. The van der Waals surface area contributed by atoms with Gasteiger partial charge in [0.15, 0.2) is 5.96 Å². The maximum atomic E-state index is 11.5. The van der Waals surface area contributed by atoms with E-state index in [1.807, 2.05) is 26.0 Å². The first-order valence-corrected chi connectivity index (χ1v) is 8.65. The molecule has 0 saturated carbocycles. The molecule has 0 atom stereocenters. The highest BCUT2D eigenvalue weighted by atomic mass is 16.5. The number of rotatable bonds is 12. The molecule has 0 spiro atoms. The van der Waals surface area contributed by atoms with Crippen LogP contribution >= 0.6 is 0 Å². The zero-order chi connectivity index (χ0) is 17.5. The van der Waals surface area contributed by atoms with Crippen LogP contribution in [0.5, 0.6) is 0 Å². The molecular formula is C17H30N4O3. The van der Waals surface area contributed by atoms with Crippen molar-refractivity contribution >= 4 is 11.9 Å². The van der Waals surface area contributed by atoms with E-state index in [9.17, 15) is 4.79 Å². The number of nitrogens with zero attached hydrogens (tertiary/aromatic N) is 1. The van der Waals surface area contributed by atoms with Crippen molar-refractivity contribution in [3.63, 3.8) is 0 Å². The van der Waals surface area contributed by atoms with Crippen molar-refractivity contribution < 1.29 is 13.9 Å². The Kier molecular flexibility index (Phi) is 11.2. The number of carbonyl (C=O) groups is 1. The smallest absolute Gasteiger partial charge is 0.221 e. The van der Waals surface area contributed by atoms with Gasteiger partial charge in [0.2, 0.25) is 5.91 Å². The second kappa shape index (κ2) is 13.4. The van der Waals surface area contributed by atoms with Gasteiger partial charge in [-0.05, 0) is 31.9 Å². The third-order valence-corrected chi connectivity index (χ3v) is 3.10. The fourth-order valence-corrected chi connectivity index (χ4v) is 1.91. The number of amides is 1. The maximum Gasteiger partial charge on any atom is 0.221 e. The number of hydrogen-bond acceptors (Lipinski definition) is 4. The monoisotopic (exact) mass is 338 g/mol. The first-order chi connectivity index (χ1) is 11.8. The fraction of sp³-hybridized carbons (Fsp3) is 0.647. The van der Waals surface area contributed by atoms with Gasteiger partial charge in [0.05, 0.1) is 6.26 Å². The highest BCUT2D eigenvalue weighted by Crippen LogP contribution is 2.01. The molecule has 0 aliphatic heterocycles. The molecule has 1 aromatic heterocycles. The molecule has 0 aromatic carbocycles. The number of hydrogen-bond donors (Lipinski definition) is 3. The van der Waals surface area contributed by atoms with Crippen LogP contribution in [0.15, 0.2) is 27.8 Å². The van der Waals surface area contributed by atoms with Crippen LogP contribution in [0, 0.1) is 0 Å². The molecule has 24 heavy (non-hydrogen) atoms. The number of guanidine groups is 1. The number of ether oxygens (including phenoxy) is 1. The van der Waals surface area contributed by atoms with Gasteiger partial charge in [-0.15, -0.1) is 0 Å². The van der Waals surface area contributed by atoms with Crippen LogP contribution in [0.2, 0.25) is 0 Å². The lowest BCUT2D eigenvalue weighted by Crippen LogP contribution is -2.39. The summed E-state index contributed by atoms with van der Waals surface area (Å²) >= 11 is 0. The van der Waals surface area contributed by atoms with Gasteiger partial charge < -0.3 is 25.1 Å². The SMILES string of the molecule is CCCNC(=O)CCNC(=NCCCOCc1ccco1)NCC. The molecule has 1 rings (SSSR count). The van der Waals surface area contributed by atoms with E-state index < -0.39 is 0 Å². The summed E-state index contributed by atoms with van der Waals surface area (Å²) in [5.74, 6) is 1.62. The highest BCUT2D eigenvalue weighted by Gasteiger charge is 2.01. The molecule has 0 aliphatic rings. The molecular weight excluding hydrogens is 308 g/mol. The molecule has 0 fully saturated rings. The Hall–Kier alpha value is -2.02. The van der Waals surface area contributed by atoms with Crippen molar-refractivity contribution in [1.29, 1.82) is 0 Å². The number of aliphatic imine (C=N–C) groups is 1. The van der Waals surface area contributed by atoms with E-state index in [2.05, 4.69) is 20.9 Å². The standard InChI is InChI=1S/C17H30N4O3/c1-3-9-19-16(22)8-11-21-17(18-4-2)20-10-6-12-23-14-15-7-5-13-24-15/h5,7,13H,3-4,6,8-12,14H2,1-2H3,(H,19,22)(H2,18,20,21). The molecule has 0 aliphatic carbocycles. The third-order valence-electron chi connectivity index (χ3n) is 3.10. The molecule has 0 unspecified atom stereocenters. The van der Waals surface area contributed by atoms with Crippen molar-refractivity contribution in [2.24, 2.45) is 4.99 Å². The Balaban J connectivity index is 2.13. The molecule has 7 nitrogen and oxygen atoms in total. The van der Waals surface area contributed by atoms with E-state index >= 15 is 0 Å². The zero-order valence-corrected chi connectivity index (χ0v) is 14.8. The normalized spacial score (nSPS) is 11.3. The van der Waals surface area contributed by atoms with Gasteiger partial charge in [0, 0.05) is 39.2 Å². The van der Waals surface area contributed by atoms with Crippen molar-refractivity contribution in [1.82, 2.24) is 16.0 Å². The molecule has 136 valence electrons. The van der Waals surface area contributed by atoms with Crippen LogP contribution < -0.4 is 16.0 Å². The molecule has 1 aromatic rings. The predicted molar refractivity (Wildman–Crippen MR) is 94.9 cm³/mol. The Morgan fingerprint density at radius 2 is 2.12 bits per heavy atom. The minimum absolute atomic E-state index is 0.0616. The first-order valence-electron chi connectivity index (χ1n) is 8.65. The second-order valence-corrected chi connectivity index (χ2v) is 5.27. The zero-order valence-electron chi connectivity index (χ0n) is 14.8. The Morgan fingerprint density at radius 3 is 2.83 bits per heavy atom. The van der Waals surface area contributed by atoms with Gasteiger partial charge in [0.25, 0.3) is 0 Å². The largest absolute Gasteiger partial charge is 0.467 e. The van der Waals surface area contributed by atoms with E-state index in [1.54, 1.807) is 6.26 Å². The van der Waals surface area contributed by atoms with Crippen LogP contribution in [-0.4, -0.2) is 44.7 Å². The minimum atomic E-state index is 0.0616. The summed E-state index contributed by atoms with van der Waals surface area (Å²) in [5, 5.41) is 9.18. The quantitative estimate of drug-likeness (QED) is 0.306. The number of furan rings is 1. The average molecular weight is 338 g/mol. The van der Waals surface area contributed by atoms with Gasteiger partial charge in [-0.25, -0.2) is 0 Å². The molecule has 0 bridgehead atoms. The summed E-state index contributed by atoms with van der Waals surface area (Å²) in [5.41, 5.74) is 0. The van der Waals surface area contributed by atoms with E-state index in [4.69, 9.17) is 9.15 Å². The topological polar surface area (TPSA) is 87.9 Å². The number of carbonyl (C=O) groups excluding carboxylic acids is 1. The summed E-state index contributed by atoms with van der Waals surface area (Å²) in [6.07, 6.45) is 3.86. The summed E-state index contributed by atoms with van der Waals surface area (Å²) in [6, 6.07) is 3.74. The van der Waals surface area contributed by atoms with Gasteiger partial charge in [-0.1, -0.05) is 6.92 Å². The lowest BCUT2D eigenvalue weighted by atomic mass is 10.4. The van der Waals surface area contributed by atoms with Crippen molar-refractivity contribution in [2.45, 2.75) is 39.7 Å². The van der Waals surface area contributed by atoms with E-state index in [0.29, 0.717) is 32.7 Å². The highest BCUT2D eigenvalue weighted by molar-refractivity contribution is 5.81. The molecule has 1 heterocycles. The Labute approximate surface area is 144 Å². The Bertz CT molecular complexity index is 460. The van der Waals surface area contributed by atoms with Gasteiger partial charge in [0.1, 0.15) is 12.4 Å². The van der Waals surface area contributed by atoms with E-state index in [0.717, 1.165) is 37.7 Å². The predicted octanol–water partition coefficient (Wildman–Crippen LogP) is 1.66. The Morgan fingerprint density at radius 1 is 1.25 bits per heavy atom. The van der Waals surface area contributed by atoms with Crippen LogP contribution in [0.3, 0.4) is 0 Å². The maximum absolute atomic E-state index is 11.5. The van der Waals surface area contributed by atoms with E-state index in [-0.39, 0.29) is 5.91 Å². The van der Waals surface area contributed by atoms with Crippen LogP contribution in [0.1, 0.15) is 38.9 Å². The average Bonchev–Trinajstić information content (AvgIpc) is 3.09. The van der Waals surface area contributed by atoms with Crippen LogP contribution in [0.25, 0.3) is 0 Å². The van der Waals surface area contributed by atoms with Crippen LogP contribution in [0.4, 0.5) is 0 Å². The fourth-order valence-electron chi connectivity index (χ4n) is 1.91. The van der Waals surface area contributed by atoms with Crippen LogP contribution in [-0.2, 0) is 16.1 Å². The molecule has 0 saturated heterocycles. The number of nitrogens with one attached hydrogen (secondary N) is 3. The summed E-state index contributed by atoms with van der Waals surface area (Å²) < 4.78 is 10.7. The lowest BCUT2D eigenvalue weighted by molar-refractivity contribution is -0.120. The van der Waals surface area contributed by atoms with Crippen molar-refractivity contribution in [3.05, 3.63) is 24.2 Å². The molecule has 3 N–H and O–H groups in total. The minimum Gasteiger partial charge on any atom is -0.467 e.